The Bertz CT molecular complexity index is 1070. The summed E-state index contributed by atoms with van der Waals surface area (Å²) in [4.78, 5) is 40.9. The highest BCUT2D eigenvalue weighted by Crippen LogP contribution is 2.25. The first-order valence-corrected chi connectivity index (χ1v) is 11.7. The van der Waals surface area contributed by atoms with Crippen LogP contribution in [0.2, 0.25) is 0 Å². The number of nitrogens with zero attached hydrogens (tertiary/aromatic N) is 2. The molecule has 2 atom stereocenters. The number of phenols is 1. The van der Waals surface area contributed by atoms with E-state index in [1.54, 1.807) is 34.6 Å². The van der Waals surface area contributed by atoms with Gasteiger partial charge in [-0.05, 0) is 57.9 Å². The molecule has 2 aromatic carbocycles. The zero-order valence-electron chi connectivity index (χ0n) is 21.3. The number of benzene rings is 2. The van der Waals surface area contributed by atoms with Gasteiger partial charge in [0.25, 0.3) is 0 Å². The molecule has 9 heteroatoms. The molecule has 2 unspecified atom stereocenters. The van der Waals surface area contributed by atoms with Crippen LogP contribution in [0.15, 0.2) is 54.6 Å². The summed E-state index contributed by atoms with van der Waals surface area (Å²) in [6.07, 6.45) is -0.670. The number of carbonyl (C=O) groups excluding carboxylic acids is 3. The van der Waals surface area contributed by atoms with Crippen LogP contribution in [0.5, 0.6) is 5.75 Å². The lowest BCUT2D eigenvalue weighted by molar-refractivity contribution is -0.142. The Morgan fingerprint density at radius 2 is 1.64 bits per heavy atom. The zero-order chi connectivity index (χ0) is 26.9. The molecular formula is C27H34N4O5. The molecule has 0 saturated heterocycles. The Morgan fingerprint density at radius 3 is 2.17 bits per heavy atom. The molecule has 0 saturated carbocycles. The fourth-order valence-corrected chi connectivity index (χ4v) is 3.57. The maximum Gasteiger partial charge on any atom is 0.408 e. The average Bonchev–Trinajstić information content (AvgIpc) is 2.78. The molecule has 3 amide bonds. The van der Waals surface area contributed by atoms with Crippen LogP contribution < -0.4 is 10.6 Å². The molecule has 0 aliphatic carbocycles. The van der Waals surface area contributed by atoms with Crippen LogP contribution in [0.3, 0.4) is 0 Å². The van der Waals surface area contributed by atoms with E-state index in [-0.39, 0.29) is 18.2 Å². The van der Waals surface area contributed by atoms with Gasteiger partial charge in [-0.15, -0.1) is 0 Å². The minimum absolute atomic E-state index is 0.00604. The van der Waals surface area contributed by atoms with E-state index >= 15 is 0 Å². The first-order valence-electron chi connectivity index (χ1n) is 11.7. The summed E-state index contributed by atoms with van der Waals surface area (Å²) in [5.74, 6) is -1.12. The summed E-state index contributed by atoms with van der Waals surface area (Å²) >= 11 is 0. The maximum absolute atomic E-state index is 13.9. The number of amides is 3. The summed E-state index contributed by atoms with van der Waals surface area (Å²) < 4.78 is 5.36. The lowest BCUT2D eigenvalue weighted by Crippen LogP contribution is -2.54. The first-order chi connectivity index (χ1) is 16.9. The van der Waals surface area contributed by atoms with E-state index in [0.29, 0.717) is 5.56 Å². The molecule has 0 aliphatic heterocycles. The van der Waals surface area contributed by atoms with Crippen LogP contribution >= 0.6 is 0 Å². The number of aromatic hydroxyl groups is 1. The second-order valence-electron chi connectivity index (χ2n) is 9.67. The van der Waals surface area contributed by atoms with Crippen LogP contribution in [0.1, 0.15) is 51.8 Å². The monoisotopic (exact) mass is 494 g/mol. The van der Waals surface area contributed by atoms with E-state index in [2.05, 4.69) is 10.6 Å². The largest absolute Gasteiger partial charge is 0.508 e. The molecule has 0 bridgehead atoms. The van der Waals surface area contributed by atoms with Gasteiger partial charge in [0, 0.05) is 12.5 Å². The number of phenolic OH excluding ortho intramolecular Hbond substituents is 1. The van der Waals surface area contributed by atoms with E-state index < -0.39 is 42.1 Å². The molecule has 3 N–H and O–H groups in total. The van der Waals surface area contributed by atoms with Crippen LogP contribution in [-0.2, 0) is 20.7 Å². The van der Waals surface area contributed by atoms with Gasteiger partial charge in [-0.2, -0.15) is 5.26 Å². The predicted octanol–water partition coefficient (Wildman–Crippen LogP) is 3.45. The highest BCUT2D eigenvalue weighted by Gasteiger charge is 2.36. The second-order valence-corrected chi connectivity index (χ2v) is 9.67. The van der Waals surface area contributed by atoms with Gasteiger partial charge in [-0.25, -0.2) is 4.79 Å². The van der Waals surface area contributed by atoms with Crippen molar-refractivity contribution in [3.8, 4) is 11.8 Å². The molecule has 2 rings (SSSR count). The van der Waals surface area contributed by atoms with Gasteiger partial charge in [-0.1, -0.05) is 42.5 Å². The number of nitrogens with one attached hydrogen (secondary N) is 2. The third-order valence-corrected chi connectivity index (χ3v) is 5.00. The van der Waals surface area contributed by atoms with Gasteiger partial charge in [0.1, 0.15) is 30.0 Å². The molecule has 0 spiro atoms. The lowest BCUT2D eigenvalue weighted by atomic mass is 10.00. The molecule has 0 aromatic heterocycles. The van der Waals surface area contributed by atoms with Gasteiger partial charge < -0.3 is 25.4 Å². The third kappa shape index (κ3) is 8.62. The van der Waals surface area contributed by atoms with Crippen LogP contribution in [0, 0.1) is 11.3 Å². The lowest BCUT2D eigenvalue weighted by Gasteiger charge is -2.33. The number of hydrogen-bond donors (Lipinski definition) is 3. The summed E-state index contributed by atoms with van der Waals surface area (Å²) in [6.45, 7) is 8.28. The molecule has 192 valence electrons. The van der Waals surface area contributed by atoms with E-state index in [1.165, 1.54) is 24.3 Å². The molecule has 0 heterocycles. The van der Waals surface area contributed by atoms with Crippen LogP contribution in [0.4, 0.5) is 4.79 Å². The van der Waals surface area contributed by atoms with Gasteiger partial charge >= 0.3 is 6.09 Å². The minimum Gasteiger partial charge on any atom is -0.508 e. The summed E-state index contributed by atoms with van der Waals surface area (Å²) in [5, 5.41) is 24.7. The smallest absolute Gasteiger partial charge is 0.408 e. The molecule has 9 nitrogen and oxygen atoms in total. The number of hydrogen-bond acceptors (Lipinski definition) is 6. The van der Waals surface area contributed by atoms with Gasteiger partial charge in [0.15, 0.2) is 0 Å². The number of ether oxygens (including phenoxy) is 1. The Morgan fingerprint density at radius 1 is 1.03 bits per heavy atom. The highest BCUT2D eigenvalue weighted by atomic mass is 16.6. The summed E-state index contributed by atoms with van der Waals surface area (Å²) in [5.41, 5.74) is 0.393. The SMILES string of the molecule is CC(C)NC(=O)C(c1ccc(O)cc1)N(CC#N)C(=O)C(Cc1ccccc1)NC(=O)OC(C)(C)C. The highest BCUT2D eigenvalue weighted by molar-refractivity contribution is 5.92. The van der Waals surface area contributed by atoms with Crippen LogP contribution in [-0.4, -0.2) is 52.1 Å². The van der Waals surface area contributed by atoms with Crippen molar-refractivity contribution >= 4 is 17.9 Å². The van der Waals surface area contributed by atoms with Crippen molar-refractivity contribution in [3.63, 3.8) is 0 Å². The van der Waals surface area contributed by atoms with Crippen molar-refractivity contribution in [1.82, 2.24) is 15.5 Å². The molecule has 2 aromatic rings. The molecular weight excluding hydrogens is 460 g/mol. The molecule has 0 fully saturated rings. The minimum atomic E-state index is -1.17. The van der Waals surface area contributed by atoms with Gasteiger partial charge in [-0.3, -0.25) is 9.59 Å². The van der Waals surface area contributed by atoms with Crippen molar-refractivity contribution in [2.75, 3.05) is 6.54 Å². The van der Waals surface area contributed by atoms with Crippen molar-refractivity contribution < 1.29 is 24.2 Å². The van der Waals surface area contributed by atoms with Crippen molar-refractivity contribution in [1.29, 1.82) is 5.26 Å². The van der Waals surface area contributed by atoms with E-state index in [1.807, 2.05) is 36.4 Å². The molecule has 36 heavy (non-hydrogen) atoms. The Kier molecular flexibility index (Phi) is 9.85. The third-order valence-electron chi connectivity index (χ3n) is 5.00. The van der Waals surface area contributed by atoms with Gasteiger partial charge in [0.2, 0.25) is 11.8 Å². The zero-order valence-corrected chi connectivity index (χ0v) is 21.3. The predicted molar refractivity (Wildman–Crippen MR) is 135 cm³/mol. The van der Waals surface area contributed by atoms with E-state index in [9.17, 15) is 24.8 Å². The average molecular weight is 495 g/mol. The van der Waals surface area contributed by atoms with E-state index in [4.69, 9.17) is 4.74 Å². The topological polar surface area (TPSA) is 132 Å². The fourth-order valence-electron chi connectivity index (χ4n) is 3.57. The molecule has 0 aliphatic rings. The van der Waals surface area contributed by atoms with Crippen molar-refractivity contribution in [2.24, 2.45) is 0 Å². The van der Waals surface area contributed by atoms with Gasteiger partial charge in [0.05, 0.1) is 6.07 Å². The van der Waals surface area contributed by atoms with E-state index in [0.717, 1.165) is 10.5 Å². The first kappa shape index (κ1) is 28.2. The number of rotatable bonds is 9. The quantitative estimate of drug-likeness (QED) is 0.458. The van der Waals surface area contributed by atoms with Crippen molar-refractivity contribution in [2.45, 2.75) is 64.8 Å². The number of carbonyl (C=O) groups is 3. The number of alkyl carbamates (subject to hydrolysis) is 1. The Balaban J connectivity index is 2.50. The number of nitriles is 1. The maximum atomic E-state index is 13.9. The Labute approximate surface area is 212 Å². The van der Waals surface area contributed by atoms with Crippen LogP contribution in [0.25, 0.3) is 0 Å². The Hall–Kier alpha value is -4.06. The molecule has 0 radical (unpaired) electrons. The second kappa shape index (κ2) is 12.6. The summed E-state index contributed by atoms with van der Waals surface area (Å²) in [7, 11) is 0. The summed E-state index contributed by atoms with van der Waals surface area (Å²) in [6, 6.07) is 14.4. The fraction of sp³-hybridized carbons (Fsp3) is 0.407. The normalized spacial score (nSPS) is 12.7. The van der Waals surface area contributed by atoms with Crippen molar-refractivity contribution in [3.05, 3.63) is 65.7 Å². The standard InChI is InChI=1S/C27H34N4O5/c1-18(2)29-24(33)23(20-11-13-21(32)14-12-20)31(16-15-28)25(34)22(17-19-9-7-6-8-10-19)30-26(35)36-27(3,4)5/h6-14,18,22-23,32H,16-17H2,1-5H3,(H,29,33)(H,30,35).